The van der Waals surface area contributed by atoms with Crippen molar-refractivity contribution in [1.82, 2.24) is 5.43 Å². The van der Waals surface area contributed by atoms with Gasteiger partial charge in [-0.05, 0) is 48.0 Å². The lowest BCUT2D eigenvalue weighted by atomic mass is 10.1. The van der Waals surface area contributed by atoms with E-state index in [1.165, 1.54) is 36.4 Å². The molecule has 4 rings (SSSR count). The van der Waals surface area contributed by atoms with Gasteiger partial charge in [0.25, 0.3) is 17.7 Å². The van der Waals surface area contributed by atoms with Crippen molar-refractivity contribution in [3.8, 4) is 11.5 Å². The van der Waals surface area contributed by atoms with Gasteiger partial charge in [-0.2, -0.15) is 0 Å². The van der Waals surface area contributed by atoms with Crippen molar-refractivity contribution < 1.29 is 28.2 Å². The number of benzene rings is 3. The number of halogens is 1. The molecule has 3 aromatic carbocycles. The van der Waals surface area contributed by atoms with Crippen LogP contribution in [0.1, 0.15) is 5.56 Å². The summed E-state index contributed by atoms with van der Waals surface area (Å²) in [5.41, 5.74) is 3.61. The highest BCUT2D eigenvalue weighted by molar-refractivity contribution is 6.31. The number of rotatable bonds is 7. The van der Waals surface area contributed by atoms with Crippen LogP contribution < -0.4 is 25.2 Å². The molecular formula is C25H20FN3O5. The average Bonchev–Trinajstić information content (AvgIpc) is 3.13. The number of anilines is 2. The topological polar surface area (TPSA) is 97.0 Å². The van der Waals surface area contributed by atoms with Gasteiger partial charge in [0.1, 0.15) is 11.4 Å². The van der Waals surface area contributed by atoms with Crippen LogP contribution >= 0.6 is 0 Å². The lowest BCUT2D eigenvalue weighted by molar-refractivity contribution is -0.118. The summed E-state index contributed by atoms with van der Waals surface area (Å²) in [7, 11) is 1.42. The first-order chi connectivity index (χ1) is 16.5. The van der Waals surface area contributed by atoms with Crippen molar-refractivity contribution in [2.45, 2.75) is 0 Å². The Bertz CT molecular complexity index is 1280. The molecule has 0 saturated carbocycles. The van der Waals surface area contributed by atoms with E-state index in [1.807, 2.05) is 6.07 Å². The van der Waals surface area contributed by atoms with Gasteiger partial charge in [-0.25, -0.2) is 9.40 Å². The van der Waals surface area contributed by atoms with Gasteiger partial charge in [0.05, 0.1) is 18.5 Å². The smallest absolute Gasteiger partial charge is 0.282 e. The van der Waals surface area contributed by atoms with Crippen LogP contribution in [-0.2, 0) is 14.4 Å². The summed E-state index contributed by atoms with van der Waals surface area (Å²) >= 11 is 0. The van der Waals surface area contributed by atoms with Gasteiger partial charge in [-0.1, -0.05) is 36.4 Å². The van der Waals surface area contributed by atoms with Crippen LogP contribution in [-0.4, -0.2) is 31.4 Å². The molecule has 8 nitrogen and oxygen atoms in total. The standard InChI is InChI=1S/C25H20FN3O5/c1-33-22-14-16(13-18-24(31)28-29(25(18)32)17-7-3-2-4-8-17)11-12-21(22)34-15-23(30)27-20-10-6-5-9-19(20)26/h2-14H,15H2,1H3,(H,27,30)(H,28,31). The number of nitrogens with one attached hydrogen (secondary N) is 2. The second-order valence-corrected chi connectivity index (χ2v) is 7.20. The molecule has 0 unspecified atom stereocenters. The van der Waals surface area contributed by atoms with Gasteiger partial charge in [-0.15, -0.1) is 0 Å². The molecule has 1 saturated heterocycles. The maximum atomic E-state index is 13.7. The third-order valence-electron chi connectivity index (χ3n) is 4.91. The Morgan fingerprint density at radius 2 is 1.76 bits per heavy atom. The van der Waals surface area contributed by atoms with Crippen LogP contribution in [0.25, 0.3) is 6.08 Å². The third kappa shape index (κ3) is 4.88. The molecule has 0 aromatic heterocycles. The normalized spacial score (nSPS) is 14.2. The highest BCUT2D eigenvalue weighted by Crippen LogP contribution is 2.30. The highest BCUT2D eigenvalue weighted by atomic mass is 19.1. The van der Waals surface area contributed by atoms with E-state index in [-0.39, 0.29) is 23.6 Å². The largest absolute Gasteiger partial charge is 0.493 e. The Morgan fingerprint density at radius 1 is 1.03 bits per heavy atom. The fourth-order valence-corrected chi connectivity index (χ4v) is 3.27. The molecule has 1 aliphatic heterocycles. The number of hydrazine groups is 1. The van der Waals surface area contributed by atoms with Gasteiger partial charge < -0.3 is 14.8 Å². The number of hydrogen-bond acceptors (Lipinski definition) is 5. The second-order valence-electron chi connectivity index (χ2n) is 7.20. The summed E-state index contributed by atoms with van der Waals surface area (Å²) in [5, 5.41) is 3.61. The lowest BCUT2D eigenvalue weighted by Crippen LogP contribution is -2.35. The van der Waals surface area contributed by atoms with E-state index in [0.717, 1.165) is 0 Å². The highest BCUT2D eigenvalue weighted by Gasteiger charge is 2.34. The van der Waals surface area contributed by atoms with Crippen LogP contribution in [0, 0.1) is 5.82 Å². The maximum absolute atomic E-state index is 13.7. The molecule has 9 heteroatoms. The first-order valence-electron chi connectivity index (χ1n) is 10.2. The number of carbonyl (C=O) groups excluding carboxylic acids is 3. The number of nitrogens with zero attached hydrogens (tertiary/aromatic N) is 1. The van der Waals surface area contributed by atoms with E-state index in [1.54, 1.807) is 48.5 Å². The van der Waals surface area contributed by atoms with Gasteiger partial charge in [0.2, 0.25) is 0 Å². The van der Waals surface area contributed by atoms with Gasteiger partial charge in [0.15, 0.2) is 18.1 Å². The lowest BCUT2D eigenvalue weighted by Gasteiger charge is -2.14. The Morgan fingerprint density at radius 3 is 2.50 bits per heavy atom. The van der Waals surface area contributed by atoms with Gasteiger partial charge in [-0.3, -0.25) is 19.8 Å². The third-order valence-corrected chi connectivity index (χ3v) is 4.91. The molecule has 1 fully saturated rings. The number of methoxy groups -OCH3 is 1. The Balaban J connectivity index is 1.46. The van der Waals surface area contributed by atoms with E-state index in [4.69, 9.17) is 9.47 Å². The van der Waals surface area contributed by atoms with E-state index in [2.05, 4.69) is 10.7 Å². The summed E-state index contributed by atoms with van der Waals surface area (Å²) in [5.74, 6) is -1.56. The predicted octanol–water partition coefficient (Wildman–Crippen LogP) is 3.31. The molecule has 0 radical (unpaired) electrons. The molecule has 0 bridgehead atoms. The zero-order chi connectivity index (χ0) is 24.1. The van der Waals surface area contributed by atoms with E-state index in [0.29, 0.717) is 17.0 Å². The number of carbonyl (C=O) groups is 3. The quantitative estimate of drug-likeness (QED) is 0.416. The molecule has 1 heterocycles. The zero-order valence-electron chi connectivity index (χ0n) is 18.1. The van der Waals surface area contributed by atoms with Crippen LogP contribution in [0.15, 0.2) is 78.4 Å². The molecular weight excluding hydrogens is 441 g/mol. The number of para-hydroxylation sites is 2. The summed E-state index contributed by atoms with van der Waals surface area (Å²) in [6.45, 7) is -0.377. The molecule has 0 atom stereocenters. The monoisotopic (exact) mass is 461 g/mol. The van der Waals surface area contributed by atoms with E-state index in [9.17, 15) is 18.8 Å². The van der Waals surface area contributed by atoms with Crippen molar-refractivity contribution in [2.24, 2.45) is 0 Å². The molecule has 3 amide bonds. The number of hydrogen-bond donors (Lipinski definition) is 2. The van der Waals surface area contributed by atoms with E-state index < -0.39 is 23.5 Å². The molecule has 172 valence electrons. The minimum atomic E-state index is -0.554. The molecule has 3 aromatic rings. The minimum Gasteiger partial charge on any atom is -0.493 e. The van der Waals surface area contributed by atoms with Gasteiger partial charge >= 0.3 is 0 Å². The average molecular weight is 461 g/mol. The summed E-state index contributed by atoms with van der Waals surface area (Å²) in [6, 6.07) is 19.3. The molecule has 0 spiro atoms. The fourth-order valence-electron chi connectivity index (χ4n) is 3.27. The molecule has 2 N–H and O–H groups in total. The van der Waals surface area contributed by atoms with Crippen LogP contribution in [0.3, 0.4) is 0 Å². The van der Waals surface area contributed by atoms with Crippen molar-refractivity contribution in [3.63, 3.8) is 0 Å². The summed E-state index contributed by atoms with van der Waals surface area (Å²) < 4.78 is 24.5. The first-order valence-corrected chi connectivity index (χ1v) is 10.2. The van der Waals surface area contributed by atoms with Crippen molar-refractivity contribution in [2.75, 3.05) is 24.0 Å². The van der Waals surface area contributed by atoms with Crippen LogP contribution in [0.5, 0.6) is 11.5 Å². The Hall–Kier alpha value is -4.66. The maximum Gasteiger partial charge on any atom is 0.282 e. The Labute approximate surface area is 194 Å². The first kappa shape index (κ1) is 22.5. The minimum absolute atomic E-state index is 0.0381. The Kier molecular flexibility index (Phi) is 6.54. The molecule has 1 aliphatic rings. The van der Waals surface area contributed by atoms with Crippen LogP contribution in [0.2, 0.25) is 0 Å². The van der Waals surface area contributed by atoms with Gasteiger partial charge in [0, 0.05) is 0 Å². The van der Waals surface area contributed by atoms with Crippen LogP contribution in [0.4, 0.5) is 15.8 Å². The number of ether oxygens (including phenoxy) is 2. The van der Waals surface area contributed by atoms with E-state index >= 15 is 0 Å². The summed E-state index contributed by atoms with van der Waals surface area (Å²) in [4.78, 5) is 37.2. The van der Waals surface area contributed by atoms with Crippen molar-refractivity contribution >= 4 is 35.2 Å². The second kappa shape index (κ2) is 9.86. The molecule has 34 heavy (non-hydrogen) atoms. The number of amides is 3. The van der Waals surface area contributed by atoms with Crippen molar-refractivity contribution in [3.05, 3.63) is 89.8 Å². The molecule has 0 aliphatic carbocycles. The van der Waals surface area contributed by atoms with Crippen molar-refractivity contribution in [1.29, 1.82) is 0 Å². The fraction of sp³-hybridized carbons (Fsp3) is 0.0800. The zero-order valence-corrected chi connectivity index (χ0v) is 18.1. The predicted molar refractivity (Wildman–Crippen MR) is 124 cm³/mol. The summed E-state index contributed by atoms with van der Waals surface area (Å²) in [6.07, 6.45) is 1.44. The SMILES string of the molecule is COc1cc(C=C2C(=O)NN(c3ccccc3)C2=O)ccc1OCC(=O)Nc1ccccc1F.